The smallest absolute Gasteiger partial charge is 0.133 e. The molecule has 0 radical (unpaired) electrons. The van der Waals surface area contributed by atoms with Gasteiger partial charge in [0, 0.05) is 23.5 Å². The number of hydrogen-bond acceptors (Lipinski definition) is 3. The summed E-state index contributed by atoms with van der Waals surface area (Å²) in [6, 6.07) is 4.70. The van der Waals surface area contributed by atoms with Crippen molar-refractivity contribution in [1.82, 2.24) is 15.3 Å². The van der Waals surface area contributed by atoms with E-state index in [2.05, 4.69) is 15.3 Å². The van der Waals surface area contributed by atoms with E-state index in [0.29, 0.717) is 5.92 Å². The second-order valence-corrected chi connectivity index (χ2v) is 4.87. The highest BCUT2D eigenvalue weighted by atomic mass is 19.1. The van der Waals surface area contributed by atoms with Gasteiger partial charge in [-0.3, -0.25) is 0 Å². The number of aryl methyl sites for hydroxylation is 1. The fourth-order valence-electron chi connectivity index (χ4n) is 2.53. The molecule has 0 saturated carbocycles. The molecule has 0 amide bonds. The molecular weight excluding hydrogens is 229 g/mol. The van der Waals surface area contributed by atoms with E-state index < -0.39 is 0 Å². The topological polar surface area (TPSA) is 37.8 Å². The highest BCUT2D eigenvalue weighted by molar-refractivity contribution is 5.80. The van der Waals surface area contributed by atoms with E-state index in [1.807, 2.05) is 6.92 Å². The number of benzene rings is 1. The monoisotopic (exact) mass is 245 g/mol. The largest absolute Gasteiger partial charge is 0.316 e. The van der Waals surface area contributed by atoms with Crippen LogP contribution in [0.2, 0.25) is 0 Å². The second kappa shape index (κ2) is 4.61. The molecule has 4 heteroatoms. The lowest BCUT2D eigenvalue weighted by molar-refractivity contribution is 0.447. The summed E-state index contributed by atoms with van der Waals surface area (Å²) in [5.74, 6) is 1.03. The van der Waals surface area contributed by atoms with Gasteiger partial charge in [0.05, 0.1) is 5.52 Å². The normalized spacial score (nSPS) is 20.2. The van der Waals surface area contributed by atoms with Gasteiger partial charge in [-0.1, -0.05) is 0 Å². The van der Waals surface area contributed by atoms with Crippen LogP contribution in [0, 0.1) is 12.7 Å². The van der Waals surface area contributed by atoms with E-state index in [4.69, 9.17) is 0 Å². The number of aromatic nitrogens is 2. The summed E-state index contributed by atoms with van der Waals surface area (Å²) < 4.78 is 13.2. The van der Waals surface area contributed by atoms with Crippen molar-refractivity contribution < 1.29 is 4.39 Å². The molecule has 1 aromatic carbocycles. The third-order valence-corrected chi connectivity index (χ3v) is 3.53. The van der Waals surface area contributed by atoms with Crippen LogP contribution in [0.15, 0.2) is 18.2 Å². The average Bonchev–Trinajstić information content (AvgIpc) is 2.40. The molecule has 1 atom stereocenters. The summed E-state index contributed by atoms with van der Waals surface area (Å²) in [5, 5.41) is 4.18. The Bertz CT molecular complexity index is 577. The minimum absolute atomic E-state index is 0.235. The van der Waals surface area contributed by atoms with Crippen LogP contribution in [-0.4, -0.2) is 23.1 Å². The Labute approximate surface area is 105 Å². The van der Waals surface area contributed by atoms with Crippen LogP contribution in [-0.2, 0) is 0 Å². The van der Waals surface area contributed by atoms with E-state index in [1.54, 1.807) is 6.07 Å². The van der Waals surface area contributed by atoms with Crippen molar-refractivity contribution in [3.05, 3.63) is 35.5 Å². The number of nitrogens with one attached hydrogen (secondary N) is 1. The van der Waals surface area contributed by atoms with Gasteiger partial charge in [-0.2, -0.15) is 0 Å². The van der Waals surface area contributed by atoms with Crippen LogP contribution in [0.1, 0.15) is 30.3 Å². The Balaban J connectivity index is 2.06. The van der Waals surface area contributed by atoms with Gasteiger partial charge in [-0.25, -0.2) is 14.4 Å². The molecular formula is C14H16FN3. The predicted octanol–water partition coefficient (Wildman–Crippen LogP) is 2.54. The van der Waals surface area contributed by atoms with Crippen molar-refractivity contribution >= 4 is 10.9 Å². The van der Waals surface area contributed by atoms with Gasteiger partial charge in [0.25, 0.3) is 0 Å². The third-order valence-electron chi connectivity index (χ3n) is 3.53. The first kappa shape index (κ1) is 11.5. The maximum absolute atomic E-state index is 13.2. The number of rotatable bonds is 1. The number of hydrogen-bond donors (Lipinski definition) is 1. The van der Waals surface area contributed by atoms with Crippen molar-refractivity contribution in [2.45, 2.75) is 25.7 Å². The van der Waals surface area contributed by atoms with Gasteiger partial charge in [-0.05, 0) is 44.5 Å². The summed E-state index contributed by atoms with van der Waals surface area (Å²) in [6.45, 7) is 3.93. The molecule has 2 heterocycles. The van der Waals surface area contributed by atoms with Crippen molar-refractivity contribution in [2.75, 3.05) is 13.1 Å². The van der Waals surface area contributed by atoms with Gasteiger partial charge in [0.2, 0.25) is 0 Å². The third kappa shape index (κ3) is 2.08. The van der Waals surface area contributed by atoms with Crippen LogP contribution >= 0.6 is 0 Å². The minimum atomic E-state index is -0.235. The summed E-state index contributed by atoms with van der Waals surface area (Å²) in [4.78, 5) is 9.13. The second-order valence-electron chi connectivity index (χ2n) is 4.87. The lowest BCUT2D eigenvalue weighted by Crippen LogP contribution is -2.29. The molecule has 1 fully saturated rings. The Kier molecular flexibility index (Phi) is 2.96. The van der Waals surface area contributed by atoms with Gasteiger partial charge < -0.3 is 5.32 Å². The summed E-state index contributed by atoms with van der Waals surface area (Å²) >= 11 is 0. The fraction of sp³-hybridized carbons (Fsp3) is 0.429. The summed E-state index contributed by atoms with van der Waals surface area (Å²) in [7, 11) is 0. The van der Waals surface area contributed by atoms with Crippen LogP contribution in [0.4, 0.5) is 4.39 Å². The summed E-state index contributed by atoms with van der Waals surface area (Å²) in [6.07, 6.45) is 2.29. The Morgan fingerprint density at radius 3 is 3.00 bits per heavy atom. The van der Waals surface area contributed by atoms with Crippen molar-refractivity contribution in [3.8, 4) is 0 Å². The predicted molar refractivity (Wildman–Crippen MR) is 69.1 cm³/mol. The van der Waals surface area contributed by atoms with Gasteiger partial charge in [-0.15, -0.1) is 0 Å². The molecule has 1 N–H and O–H groups in total. The van der Waals surface area contributed by atoms with E-state index in [-0.39, 0.29) is 5.82 Å². The fourth-order valence-corrected chi connectivity index (χ4v) is 2.53. The zero-order valence-electron chi connectivity index (χ0n) is 10.4. The molecule has 0 bridgehead atoms. The number of halogens is 1. The number of piperidine rings is 1. The molecule has 2 aromatic rings. The maximum Gasteiger partial charge on any atom is 0.133 e. The van der Waals surface area contributed by atoms with E-state index in [0.717, 1.165) is 48.4 Å². The molecule has 0 aliphatic carbocycles. The lowest BCUT2D eigenvalue weighted by Gasteiger charge is -2.22. The summed E-state index contributed by atoms with van der Waals surface area (Å²) in [5.41, 5.74) is 1.70. The molecule has 1 saturated heterocycles. The zero-order valence-corrected chi connectivity index (χ0v) is 10.4. The van der Waals surface area contributed by atoms with Crippen LogP contribution in [0.5, 0.6) is 0 Å². The molecule has 3 nitrogen and oxygen atoms in total. The van der Waals surface area contributed by atoms with Crippen LogP contribution in [0.25, 0.3) is 10.9 Å². The molecule has 1 aliphatic heterocycles. The standard InChI is InChI=1S/C14H16FN3/c1-9-12-7-11(15)4-5-13(12)18-14(17-9)10-3-2-6-16-8-10/h4-5,7,10,16H,2-3,6,8H2,1H3. The first-order valence-corrected chi connectivity index (χ1v) is 6.38. The van der Waals surface area contributed by atoms with Crippen LogP contribution in [0.3, 0.4) is 0 Å². The highest BCUT2D eigenvalue weighted by Gasteiger charge is 2.19. The molecule has 0 spiro atoms. The molecule has 1 unspecified atom stereocenters. The molecule has 3 rings (SSSR count). The Morgan fingerprint density at radius 1 is 1.33 bits per heavy atom. The molecule has 94 valence electrons. The first-order valence-electron chi connectivity index (χ1n) is 6.38. The lowest BCUT2D eigenvalue weighted by atomic mass is 9.98. The van der Waals surface area contributed by atoms with E-state index >= 15 is 0 Å². The van der Waals surface area contributed by atoms with Crippen molar-refractivity contribution in [2.24, 2.45) is 0 Å². The highest BCUT2D eigenvalue weighted by Crippen LogP contribution is 2.24. The van der Waals surface area contributed by atoms with Crippen molar-refractivity contribution in [3.63, 3.8) is 0 Å². The van der Waals surface area contributed by atoms with Gasteiger partial charge in [0.1, 0.15) is 11.6 Å². The van der Waals surface area contributed by atoms with E-state index in [1.165, 1.54) is 12.1 Å². The van der Waals surface area contributed by atoms with E-state index in [9.17, 15) is 4.39 Å². The van der Waals surface area contributed by atoms with Gasteiger partial charge >= 0.3 is 0 Å². The Morgan fingerprint density at radius 2 is 2.22 bits per heavy atom. The number of fused-ring (bicyclic) bond motifs is 1. The average molecular weight is 245 g/mol. The molecule has 18 heavy (non-hydrogen) atoms. The zero-order chi connectivity index (χ0) is 12.5. The van der Waals surface area contributed by atoms with Crippen LogP contribution < -0.4 is 5.32 Å². The molecule has 1 aromatic heterocycles. The quantitative estimate of drug-likeness (QED) is 0.839. The minimum Gasteiger partial charge on any atom is -0.316 e. The number of nitrogens with zero attached hydrogens (tertiary/aromatic N) is 2. The maximum atomic E-state index is 13.2. The van der Waals surface area contributed by atoms with Gasteiger partial charge in [0.15, 0.2) is 0 Å². The Hall–Kier alpha value is -1.55. The van der Waals surface area contributed by atoms with Crippen molar-refractivity contribution in [1.29, 1.82) is 0 Å². The first-order chi connectivity index (χ1) is 8.74. The molecule has 1 aliphatic rings. The SMILES string of the molecule is Cc1nc(C2CCCNC2)nc2ccc(F)cc12.